The van der Waals surface area contributed by atoms with E-state index in [9.17, 15) is 15.3 Å². The third-order valence-corrected chi connectivity index (χ3v) is 7.42. The first-order valence-corrected chi connectivity index (χ1v) is 11.6. The molecule has 3 aliphatic carbocycles. The van der Waals surface area contributed by atoms with Crippen LogP contribution in [0.1, 0.15) is 72.6 Å². The van der Waals surface area contributed by atoms with E-state index in [2.05, 4.69) is 44.7 Å². The highest BCUT2D eigenvalue weighted by Crippen LogP contribution is 2.56. The van der Waals surface area contributed by atoms with Crippen molar-refractivity contribution in [2.75, 3.05) is 0 Å². The average Bonchev–Trinajstić information content (AvgIpc) is 3.00. The fraction of sp³-hybridized carbons (Fsp3) is 0.630. The molecular weight excluding hydrogens is 372 g/mol. The van der Waals surface area contributed by atoms with Crippen molar-refractivity contribution in [1.82, 2.24) is 0 Å². The van der Waals surface area contributed by atoms with Crippen molar-refractivity contribution in [1.29, 1.82) is 0 Å². The predicted octanol–water partition coefficient (Wildman–Crippen LogP) is 5.40. The van der Waals surface area contributed by atoms with Crippen LogP contribution in [0, 0.1) is 17.3 Å². The quantitative estimate of drug-likeness (QED) is 0.530. The average molecular weight is 413 g/mol. The van der Waals surface area contributed by atoms with Gasteiger partial charge in [-0.3, -0.25) is 0 Å². The number of rotatable bonds is 5. The van der Waals surface area contributed by atoms with Gasteiger partial charge in [-0.1, -0.05) is 62.0 Å². The Morgan fingerprint density at radius 3 is 2.73 bits per heavy atom. The van der Waals surface area contributed by atoms with Crippen LogP contribution in [-0.2, 0) is 0 Å². The lowest BCUT2D eigenvalue weighted by molar-refractivity contribution is 0.0862. The van der Waals surface area contributed by atoms with Gasteiger partial charge in [0.15, 0.2) is 0 Å². The van der Waals surface area contributed by atoms with Crippen molar-refractivity contribution >= 4 is 0 Å². The Balaban J connectivity index is 1.75. The van der Waals surface area contributed by atoms with Crippen molar-refractivity contribution in [3.8, 4) is 0 Å². The summed E-state index contributed by atoms with van der Waals surface area (Å²) in [5.41, 5.74) is 4.25. The first-order chi connectivity index (χ1) is 14.0. The van der Waals surface area contributed by atoms with Gasteiger partial charge in [0.1, 0.15) is 0 Å². The molecule has 5 unspecified atom stereocenters. The van der Waals surface area contributed by atoms with Gasteiger partial charge in [-0.05, 0) is 80.8 Å². The number of fused-ring (bicyclic) bond motifs is 1. The summed E-state index contributed by atoms with van der Waals surface area (Å²) in [6.45, 7) is 12.4. The van der Waals surface area contributed by atoms with Gasteiger partial charge in [-0.25, -0.2) is 0 Å². The fourth-order valence-corrected chi connectivity index (χ4v) is 5.77. The molecule has 0 aromatic carbocycles. The van der Waals surface area contributed by atoms with Crippen LogP contribution in [0.3, 0.4) is 0 Å². The molecule has 2 saturated carbocycles. The van der Waals surface area contributed by atoms with Crippen LogP contribution in [0.25, 0.3) is 0 Å². The minimum absolute atomic E-state index is 0.202. The van der Waals surface area contributed by atoms with E-state index in [1.807, 2.05) is 19.9 Å². The Hall–Kier alpha value is -1.42. The maximum Gasteiger partial charge on any atom is 0.0811 e. The molecule has 0 aliphatic heterocycles. The lowest BCUT2D eigenvalue weighted by atomic mass is 9.62. The highest BCUT2D eigenvalue weighted by Gasteiger charge is 2.45. The standard InChI is InChI=1S/C27H40O3/c1-18(8-6-14-26(3,4)30)23-12-13-24-20(9-7-15-27(23,24)5)10-11-21-16-22(28)17-25(29)19(21)2/h6,10-12,14,18,22,24-25,28-30H,2,7-9,13,15-17H2,1,3-5H3/b14-6+,20-10+,21-11-. The van der Waals surface area contributed by atoms with Gasteiger partial charge in [0.2, 0.25) is 0 Å². The summed E-state index contributed by atoms with van der Waals surface area (Å²) in [6.07, 6.45) is 16.3. The van der Waals surface area contributed by atoms with Crippen LogP contribution in [0.2, 0.25) is 0 Å². The Labute approximate surface area is 182 Å². The first-order valence-electron chi connectivity index (χ1n) is 11.6. The maximum atomic E-state index is 10.1. The van der Waals surface area contributed by atoms with Gasteiger partial charge < -0.3 is 15.3 Å². The smallest absolute Gasteiger partial charge is 0.0811 e. The van der Waals surface area contributed by atoms with Gasteiger partial charge >= 0.3 is 0 Å². The summed E-state index contributed by atoms with van der Waals surface area (Å²) in [7, 11) is 0. The van der Waals surface area contributed by atoms with E-state index in [0.29, 0.717) is 24.7 Å². The molecule has 0 aromatic rings. The van der Waals surface area contributed by atoms with Crippen LogP contribution < -0.4 is 0 Å². The summed E-state index contributed by atoms with van der Waals surface area (Å²) in [5, 5.41) is 30.1. The van der Waals surface area contributed by atoms with Gasteiger partial charge in [0, 0.05) is 6.42 Å². The third kappa shape index (κ3) is 5.07. The van der Waals surface area contributed by atoms with Gasteiger partial charge in [0.25, 0.3) is 0 Å². The molecule has 0 amide bonds. The fourth-order valence-electron chi connectivity index (χ4n) is 5.77. The number of hydrogen-bond donors (Lipinski definition) is 3. The van der Waals surface area contributed by atoms with E-state index in [1.165, 1.54) is 18.4 Å². The normalized spacial score (nSPS) is 36.4. The molecule has 166 valence electrons. The molecule has 0 radical (unpaired) electrons. The minimum atomic E-state index is -0.755. The van der Waals surface area contributed by atoms with Gasteiger partial charge in [-0.15, -0.1) is 0 Å². The van der Waals surface area contributed by atoms with Crippen LogP contribution in [0.5, 0.6) is 0 Å². The summed E-state index contributed by atoms with van der Waals surface area (Å²) in [6, 6.07) is 0. The number of aliphatic hydroxyl groups is 3. The SMILES string of the molecule is C=C1/C(=C\C=C2/CCCC3(C)C(C(C)C/C=C/C(C)(C)O)=CCC23)CC(O)CC1O. The topological polar surface area (TPSA) is 60.7 Å². The van der Waals surface area contributed by atoms with E-state index in [0.717, 1.165) is 30.4 Å². The lowest BCUT2D eigenvalue weighted by Gasteiger charge is -2.42. The zero-order chi connectivity index (χ0) is 22.1. The maximum absolute atomic E-state index is 10.1. The second kappa shape index (κ2) is 8.98. The van der Waals surface area contributed by atoms with Crippen LogP contribution >= 0.6 is 0 Å². The Morgan fingerprint density at radius 2 is 2.03 bits per heavy atom. The molecule has 3 N–H and O–H groups in total. The highest BCUT2D eigenvalue weighted by atomic mass is 16.3. The largest absolute Gasteiger partial charge is 0.393 e. The highest BCUT2D eigenvalue weighted by molar-refractivity contribution is 5.40. The summed E-state index contributed by atoms with van der Waals surface area (Å²) in [5.74, 6) is 1.00. The molecule has 3 nitrogen and oxygen atoms in total. The van der Waals surface area contributed by atoms with Crippen LogP contribution in [0.4, 0.5) is 0 Å². The molecule has 0 aromatic heterocycles. The van der Waals surface area contributed by atoms with Crippen molar-refractivity contribution in [3.63, 3.8) is 0 Å². The van der Waals surface area contributed by atoms with Crippen molar-refractivity contribution < 1.29 is 15.3 Å². The monoisotopic (exact) mass is 412 g/mol. The van der Waals surface area contributed by atoms with E-state index in [4.69, 9.17) is 0 Å². The van der Waals surface area contributed by atoms with Crippen molar-refractivity contribution in [2.45, 2.75) is 90.4 Å². The molecule has 5 atom stereocenters. The molecule has 3 rings (SSSR count). The van der Waals surface area contributed by atoms with E-state index in [1.54, 1.807) is 5.57 Å². The third-order valence-electron chi connectivity index (χ3n) is 7.42. The summed E-state index contributed by atoms with van der Waals surface area (Å²) in [4.78, 5) is 0. The molecule has 3 aliphatic rings. The molecule has 0 saturated heterocycles. The zero-order valence-corrected chi connectivity index (χ0v) is 19.2. The molecular formula is C27H40O3. The Kier molecular flexibility index (Phi) is 6.96. The molecule has 2 fully saturated rings. The second-order valence-corrected chi connectivity index (χ2v) is 10.5. The van der Waals surface area contributed by atoms with E-state index in [-0.39, 0.29) is 5.41 Å². The van der Waals surface area contributed by atoms with E-state index < -0.39 is 17.8 Å². The Morgan fingerprint density at radius 1 is 1.30 bits per heavy atom. The Bertz CT molecular complexity index is 776. The van der Waals surface area contributed by atoms with Crippen molar-refractivity contribution in [2.24, 2.45) is 17.3 Å². The second-order valence-electron chi connectivity index (χ2n) is 10.5. The molecule has 0 heterocycles. The van der Waals surface area contributed by atoms with Gasteiger partial charge in [0.05, 0.1) is 17.8 Å². The molecule has 0 bridgehead atoms. The molecule has 0 spiro atoms. The predicted molar refractivity (Wildman–Crippen MR) is 124 cm³/mol. The summed E-state index contributed by atoms with van der Waals surface area (Å²) < 4.78 is 0. The number of aliphatic hydroxyl groups excluding tert-OH is 2. The van der Waals surface area contributed by atoms with E-state index >= 15 is 0 Å². The number of hydrogen-bond acceptors (Lipinski definition) is 3. The van der Waals surface area contributed by atoms with Crippen LogP contribution in [0.15, 0.2) is 59.3 Å². The van der Waals surface area contributed by atoms with Crippen LogP contribution in [-0.4, -0.2) is 33.1 Å². The van der Waals surface area contributed by atoms with Crippen molar-refractivity contribution in [3.05, 3.63) is 59.3 Å². The molecule has 3 heteroatoms. The van der Waals surface area contributed by atoms with Gasteiger partial charge in [-0.2, -0.15) is 0 Å². The first kappa shape index (κ1) is 23.2. The number of allylic oxidation sites excluding steroid dienone is 6. The molecule has 30 heavy (non-hydrogen) atoms. The lowest BCUT2D eigenvalue weighted by Crippen LogP contribution is -2.32. The zero-order valence-electron chi connectivity index (χ0n) is 19.2. The minimum Gasteiger partial charge on any atom is -0.393 e. The summed E-state index contributed by atoms with van der Waals surface area (Å²) >= 11 is 0.